The highest BCUT2D eigenvalue weighted by Crippen LogP contribution is 2.36. The number of hydrogen-bond acceptors (Lipinski definition) is 4. The summed E-state index contributed by atoms with van der Waals surface area (Å²) in [6.07, 6.45) is 4.39. The van der Waals surface area contributed by atoms with E-state index in [9.17, 15) is 9.18 Å². The number of nitrogens with zero attached hydrogens (tertiary/aromatic N) is 3. The maximum Gasteiger partial charge on any atom is 0.254 e. The number of benzene rings is 2. The first kappa shape index (κ1) is 18.1. The normalized spacial score (nSPS) is 16.8. The van der Waals surface area contributed by atoms with Gasteiger partial charge in [0.15, 0.2) is 0 Å². The fourth-order valence-corrected chi connectivity index (χ4v) is 3.72. The van der Waals surface area contributed by atoms with Crippen LogP contribution < -0.4 is 5.73 Å². The number of likely N-dealkylation sites (tertiary alicyclic amines) is 1. The average Bonchev–Trinajstić information content (AvgIpc) is 2.74. The zero-order valence-corrected chi connectivity index (χ0v) is 15.4. The molecule has 2 aromatic carbocycles. The Kier molecular flexibility index (Phi) is 5.02. The summed E-state index contributed by atoms with van der Waals surface area (Å²) < 4.78 is 13.4. The van der Waals surface area contributed by atoms with Gasteiger partial charge in [-0.15, -0.1) is 0 Å². The minimum atomic E-state index is -0.305. The van der Waals surface area contributed by atoms with Crippen molar-refractivity contribution in [1.29, 1.82) is 0 Å². The molecule has 0 spiro atoms. The number of nitrogens with two attached hydrogens (primary N) is 1. The molecule has 0 radical (unpaired) electrons. The van der Waals surface area contributed by atoms with Gasteiger partial charge in [0.05, 0.1) is 11.7 Å². The van der Waals surface area contributed by atoms with E-state index < -0.39 is 0 Å². The summed E-state index contributed by atoms with van der Waals surface area (Å²) in [7, 11) is 0. The number of amides is 1. The molecule has 0 saturated carbocycles. The van der Waals surface area contributed by atoms with Crippen LogP contribution in [0.25, 0.3) is 11.1 Å². The molecule has 142 valence electrons. The Morgan fingerprint density at radius 2 is 1.82 bits per heavy atom. The Balaban J connectivity index is 1.76. The highest BCUT2D eigenvalue weighted by atomic mass is 19.1. The van der Waals surface area contributed by atoms with E-state index in [0.717, 1.165) is 30.4 Å². The second kappa shape index (κ2) is 7.76. The monoisotopic (exact) mass is 376 g/mol. The summed E-state index contributed by atoms with van der Waals surface area (Å²) in [6.45, 7) is 0.658. The van der Waals surface area contributed by atoms with Crippen LogP contribution in [0.2, 0.25) is 0 Å². The molecule has 1 atom stereocenters. The highest BCUT2D eigenvalue weighted by Gasteiger charge is 2.31. The van der Waals surface area contributed by atoms with E-state index in [4.69, 9.17) is 5.73 Å². The summed E-state index contributed by atoms with van der Waals surface area (Å²) in [6, 6.07) is 15.3. The molecule has 5 nitrogen and oxygen atoms in total. The van der Waals surface area contributed by atoms with Crippen molar-refractivity contribution in [3.63, 3.8) is 0 Å². The molecule has 4 rings (SSSR count). The van der Waals surface area contributed by atoms with Crippen LogP contribution in [0.4, 0.5) is 10.3 Å². The third kappa shape index (κ3) is 3.58. The summed E-state index contributed by atoms with van der Waals surface area (Å²) in [4.78, 5) is 23.7. The summed E-state index contributed by atoms with van der Waals surface area (Å²) in [5.74, 6) is -0.161. The van der Waals surface area contributed by atoms with E-state index in [2.05, 4.69) is 9.97 Å². The van der Waals surface area contributed by atoms with Gasteiger partial charge in [-0.3, -0.25) is 4.79 Å². The third-order valence-electron chi connectivity index (χ3n) is 5.09. The van der Waals surface area contributed by atoms with Gasteiger partial charge in [0.25, 0.3) is 5.91 Å². The molecular formula is C22H21FN4O. The lowest BCUT2D eigenvalue weighted by Crippen LogP contribution is -2.39. The maximum absolute atomic E-state index is 13.4. The largest absolute Gasteiger partial charge is 0.368 e. The van der Waals surface area contributed by atoms with Crippen molar-refractivity contribution in [2.24, 2.45) is 0 Å². The minimum absolute atomic E-state index is 0.0208. The quantitative estimate of drug-likeness (QED) is 0.742. The number of hydrogen-bond donors (Lipinski definition) is 1. The van der Waals surface area contributed by atoms with E-state index in [-0.39, 0.29) is 23.7 Å². The van der Waals surface area contributed by atoms with Crippen LogP contribution in [0.3, 0.4) is 0 Å². The highest BCUT2D eigenvalue weighted by molar-refractivity contribution is 5.94. The molecule has 1 aromatic heterocycles. The molecule has 2 N–H and O–H groups in total. The molecule has 1 unspecified atom stereocenters. The fraction of sp³-hybridized carbons (Fsp3) is 0.227. The van der Waals surface area contributed by atoms with Gasteiger partial charge in [-0.25, -0.2) is 14.4 Å². The lowest BCUT2D eigenvalue weighted by Gasteiger charge is -2.36. The Labute approximate surface area is 163 Å². The van der Waals surface area contributed by atoms with E-state index in [1.54, 1.807) is 18.3 Å². The SMILES string of the molecule is Nc1ncc(-c2ccc(F)cc2)c(C2CCCCN2C(=O)c2ccccc2)n1. The molecule has 28 heavy (non-hydrogen) atoms. The predicted octanol–water partition coefficient (Wildman–Crippen LogP) is 4.23. The number of halogens is 1. The van der Waals surface area contributed by atoms with E-state index >= 15 is 0 Å². The number of carbonyl (C=O) groups excluding carboxylic acids is 1. The fourth-order valence-electron chi connectivity index (χ4n) is 3.72. The number of rotatable bonds is 3. The van der Waals surface area contributed by atoms with Gasteiger partial charge in [-0.05, 0) is 49.1 Å². The molecule has 6 heteroatoms. The van der Waals surface area contributed by atoms with Crippen molar-refractivity contribution >= 4 is 11.9 Å². The Morgan fingerprint density at radius 1 is 1.07 bits per heavy atom. The standard InChI is InChI=1S/C22H21FN4O/c23-17-11-9-15(10-12-17)18-14-25-22(24)26-20(18)19-8-4-5-13-27(19)21(28)16-6-2-1-3-7-16/h1-3,6-7,9-12,14,19H,4-5,8,13H2,(H2,24,25,26). The lowest BCUT2D eigenvalue weighted by molar-refractivity contribution is 0.0607. The maximum atomic E-state index is 13.4. The predicted molar refractivity (Wildman–Crippen MR) is 106 cm³/mol. The van der Waals surface area contributed by atoms with Crippen molar-refractivity contribution in [2.45, 2.75) is 25.3 Å². The topological polar surface area (TPSA) is 72.1 Å². The van der Waals surface area contributed by atoms with Crippen molar-refractivity contribution in [1.82, 2.24) is 14.9 Å². The molecule has 1 saturated heterocycles. The Morgan fingerprint density at radius 3 is 2.57 bits per heavy atom. The van der Waals surface area contributed by atoms with Crippen LogP contribution in [0.1, 0.15) is 41.4 Å². The third-order valence-corrected chi connectivity index (χ3v) is 5.09. The number of aromatic nitrogens is 2. The van der Waals surface area contributed by atoms with Crippen LogP contribution >= 0.6 is 0 Å². The zero-order chi connectivity index (χ0) is 19.5. The molecule has 2 heterocycles. The summed E-state index contributed by atoms with van der Waals surface area (Å²) >= 11 is 0. The van der Waals surface area contributed by atoms with Crippen LogP contribution in [-0.4, -0.2) is 27.3 Å². The van der Waals surface area contributed by atoms with Gasteiger partial charge in [-0.1, -0.05) is 30.3 Å². The van der Waals surface area contributed by atoms with Crippen LogP contribution in [-0.2, 0) is 0 Å². The zero-order valence-electron chi connectivity index (χ0n) is 15.4. The van der Waals surface area contributed by atoms with Crippen molar-refractivity contribution in [3.05, 3.63) is 77.9 Å². The molecule has 1 aliphatic heterocycles. The van der Waals surface area contributed by atoms with Crippen molar-refractivity contribution in [3.8, 4) is 11.1 Å². The minimum Gasteiger partial charge on any atom is -0.368 e. The van der Waals surface area contributed by atoms with Gasteiger partial charge in [0.2, 0.25) is 5.95 Å². The Hall–Kier alpha value is -3.28. The molecule has 1 amide bonds. The van der Waals surface area contributed by atoms with Crippen molar-refractivity contribution < 1.29 is 9.18 Å². The second-order valence-electron chi connectivity index (χ2n) is 6.91. The van der Waals surface area contributed by atoms with Gasteiger partial charge in [-0.2, -0.15) is 0 Å². The van der Waals surface area contributed by atoms with Crippen LogP contribution in [0.5, 0.6) is 0 Å². The van der Waals surface area contributed by atoms with Gasteiger partial charge in [0, 0.05) is 23.9 Å². The smallest absolute Gasteiger partial charge is 0.254 e. The van der Waals surface area contributed by atoms with Gasteiger partial charge < -0.3 is 10.6 Å². The van der Waals surface area contributed by atoms with E-state index in [0.29, 0.717) is 17.8 Å². The molecule has 0 aliphatic carbocycles. The number of piperidine rings is 1. The number of anilines is 1. The van der Waals surface area contributed by atoms with E-state index in [1.807, 2.05) is 35.2 Å². The molecule has 3 aromatic rings. The Bertz CT molecular complexity index is 976. The second-order valence-corrected chi connectivity index (χ2v) is 6.91. The average molecular weight is 376 g/mol. The van der Waals surface area contributed by atoms with Crippen LogP contribution in [0.15, 0.2) is 60.8 Å². The molecule has 0 bridgehead atoms. The number of carbonyl (C=O) groups is 1. The first-order valence-corrected chi connectivity index (χ1v) is 9.38. The van der Waals surface area contributed by atoms with E-state index in [1.165, 1.54) is 12.1 Å². The number of nitrogen functional groups attached to an aromatic ring is 1. The molecular weight excluding hydrogens is 355 g/mol. The first-order valence-electron chi connectivity index (χ1n) is 9.38. The first-order chi connectivity index (χ1) is 13.6. The van der Waals surface area contributed by atoms with Crippen molar-refractivity contribution in [2.75, 3.05) is 12.3 Å². The molecule has 1 aliphatic rings. The van der Waals surface area contributed by atoms with Crippen LogP contribution in [0, 0.1) is 5.82 Å². The lowest BCUT2D eigenvalue weighted by atomic mass is 9.93. The van der Waals surface area contributed by atoms with Gasteiger partial charge >= 0.3 is 0 Å². The summed E-state index contributed by atoms with van der Waals surface area (Å²) in [5, 5.41) is 0. The van der Waals surface area contributed by atoms with Gasteiger partial charge in [0.1, 0.15) is 5.82 Å². The molecule has 1 fully saturated rings. The summed E-state index contributed by atoms with van der Waals surface area (Å²) in [5.41, 5.74) is 8.82.